The maximum Gasteiger partial charge on any atom is 0.138 e. The van der Waals surface area contributed by atoms with Crippen LogP contribution in [0.25, 0.3) is 5.65 Å². The number of benzene rings is 1. The Morgan fingerprint density at radius 2 is 2.00 bits per heavy atom. The second kappa shape index (κ2) is 4.94. The summed E-state index contributed by atoms with van der Waals surface area (Å²) in [7, 11) is 0. The van der Waals surface area contributed by atoms with E-state index in [2.05, 4.69) is 11.9 Å². The predicted molar refractivity (Wildman–Crippen MR) is 75.7 cm³/mol. The molecule has 0 saturated heterocycles. The molecule has 0 unspecified atom stereocenters. The van der Waals surface area contributed by atoms with Gasteiger partial charge in [0.05, 0.1) is 5.69 Å². The highest BCUT2D eigenvalue weighted by molar-refractivity contribution is 6.30. The Kier molecular flexibility index (Phi) is 3.13. The van der Waals surface area contributed by atoms with Crippen LogP contribution in [0.2, 0.25) is 5.02 Å². The fraction of sp³-hybridized carbons (Fsp3) is 0.133. The number of hydrogen-bond donors (Lipinski definition) is 0. The fourth-order valence-electron chi connectivity index (χ4n) is 1.87. The predicted octanol–water partition coefficient (Wildman–Crippen LogP) is 3.88. The minimum atomic E-state index is 0.447. The number of imidazole rings is 1. The number of pyridine rings is 1. The van der Waals surface area contributed by atoms with Crippen molar-refractivity contribution in [2.75, 3.05) is 0 Å². The standard InChI is InChI=1S/C15H13ClN2O/c1-11-2-4-14(5-3-11)19-10-13-9-18-7-6-12(16)8-15(18)17-13/h2-9H,10H2,1H3. The maximum absolute atomic E-state index is 5.93. The molecule has 0 aliphatic carbocycles. The van der Waals surface area contributed by atoms with Gasteiger partial charge in [0.25, 0.3) is 0 Å². The average Bonchev–Trinajstić information content (AvgIpc) is 2.80. The Hall–Kier alpha value is -2.00. The summed E-state index contributed by atoms with van der Waals surface area (Å²) in [6.07, 6.45) is 3.83. The molecule has 4 heteroatoms. The lowest BCUT2D eigenvalue weighted by atomic mass is 10.2. The van der Waals surface area contributed by atoms with Crippen LogP contribution in [0.4, 0.5) is 0 Å². The van der Waals surface area contributed by atoms with E-state index < -0.39 is 0 Å². The molecule has 0 aliphatic rings. The van der Waals surface area contributed by atoms with Crippen molar-refractivity contribution in [3.8, 4) is 5.75 Å². The zero-order valence-electron chi connectivity index (χ0n) is 10.5. The smallest absolute Gasteiger partial charge is 0.138 e. The van der Waals surface area contributed by atoms with Gasteiger partial charge in [-0.05, 0) is 31.2 Å². The van der Waals surface area contributed by atoms with Gasteiger partial charge < -0.3 is 9.14 Å². The largest absolute Gasteiger partial charge is 0.487 e. The lowest BCUT2D eigenvalue weighted by Gasteiger charge is -2.03. The molecule has 1 aromatic carbocycles. The highest BCUT2D eigenvalue weighted by Gasteiger charge is 2.03. The highest BCUT2D eigenvalue weighted by atomic mass is 35.5. The van der Waals surface area contributed by atoms with E-state index in [1.165, 1.54) is 5.56 Å². The third-order valence-corrected chi connectivity index (χ3v) is 3.11. The summed E-state index contributed by atoms with van der Waals surface area (Å²) >= 11 is 5.93. The minimum Gasteiger partial charge on any atom is -0.487 e. The number of nitrogens with zero attached hydrogens (tertiary/aromatic N) is 2. The first-order valence-electron chi connectivity index (χ1n) is 6.03. The first-order chi connectivity index (χ1) is 9.20. The SMILES string of the molecule is Cc1ccc(OCc2cn3ccc(Cl)cc3n2)cc1. The number of hydrogen-bond acceptors (Lipinski definition) is 2. The van der Waals surface area contributed by atoms with Crippen LogP contribution in [-0.2, 0) is 6.61 Å². The molecule has 0 fully saturated rings. The van der Waals surface area contributed by atoms with Crippen LogP contribution >= 0.6 is 11.6 Å². The van der Waals surface area contributed by atoms with Crippen LogP contribution < -0.4 is 4.74 Å². The second-order valence-corrected chi connectivity index (χ2v) is 4.88. The van der Waals surface area contributed by atoms with Gasteiger partial charge in [0.1, 0.15) is 18.0 Å². The fourth-order valence-corrected chi connectivity index (χ4v) is 2.02. The van der Waals surface area contributed by atoms with Crippen molar-refractivity contribution in [1.29, 1.82) is 0 Å². The van der Waals surface area contributed by atoms with Gasteiger partial charge in [0, 0.05) is 17.4 Å². The lowest BCUT2D eigenvalue weighted by Crippen LogP contribution is -1.95. The zero-order valence-corrected chi connectivity index (χ0v) is 11.3. The van der Waals surface area contributed by atoms with E-state index in [4.69, 9.17) is 16.3 Å². The summed E-state index contributed by atoms with van der Waals surface area (Å²) in [6, 6.07) is 11.6. The second-order valence-electron chi connectivity index (χ2n) is 4.44. The van der Waals surface area contributed by atoms with Crippen LogP contribution in [-0.4, -0.2) is 9.38 Å². The Morgan fingerprint density at radius 3 is 2.79 bits per heavy atom. The Labute approximate surface area is 116 Å². The van der Waals surface area contributed by atoms with Gasteiger partial charge in [0.2, 0.25) is 0 Å². The van der Waals surface area contributed by atoms with Crippen molar-refractivity contribution in [2.24, 2.45) is 0 Å². The Balaban J connectivity index is 1.76. The van der Waals surface area contributed by atoms with Crippen molar-refractivity contribution in [1.82, 2.24) is 9.38 Å². The molecule has 3 aromatic rings. The van der Waals surface area contributed by atoms with Gasteiger partial charge in [0.15, 0.2) is 0 Å². The number of aromatic nitrogens is 2. The number of ether oxygens (including phenoxy) is 1. The molecular formula is C15H13ClN2O. The average molecular weight is 273 g/mol. The maximum atomic E-state index is 5.93. The third-order valence-electron chi connectivity index (χ3n) is 2.88. The van der Waals surface area contributed by atoms with E-state index in [0.717, 1.165) is 17.1 Å². The Bertz CT molecular complexity index is 704. The van der Waals surface area contributed by atoms with Crippen LogP contribution in [0, 0.1) is 6.92 Å². The van der Waals surface area contributed by atoms with Gasteiger partial charge in [-0.2, -0.15) is 0 Å². The third kappa shape index (κ3) is 2.71. The van der Waals surface area contributed by atoms with E-state index in [9.17, 15) is 0 Å². The molecule has 0 radical (unpaired) electrons. The summed E-state index contributed by atoms with van der Waals surface area (Å²) in [6.45, 7) is 2.50. The topological polar surface area (TPSA) is 26.5 Å². The lowest BCUT2D eigenvalue weighted by molar-refractivity contribution is 0.302. The van der Waals surface area contributed by atoms with Crippen molar-refractivity contribution < 1.29 is 4.74 Å². The minimum absolute atomic E-state index is 0.447. The van der Waals surface area contributed by atoms with Crippen molar-refractivity contribution in [2.45, 2.75) is 13.5 Å². The quantitative estimate of drug-likeness (QED) is 0.723. The number of rotatable bonds is 3. The first-order valence-corrected chi connectivity index (χ1v) is 6.41. The van der Waals surface area contributed by atoms with Gasteiger partial charge in [-0.15, -0.1) is 0 Å². The first kappa shape index (κ1) is 12.1. The van der Waals surface area contributed by atoms with E-state index in [0.29, 0.717) is 11.6 Å². The molecule has 19 heavy (non-hydrogen) atoms. The summed E-state index contributed by atoms with van der Waals surface area (Å²) in [5.74, 6) is 0.848. The molecule has 0 bridgehead atoms. The molecule has 0 amide bonds. The molecule has 0 atom stereocenters. The van der Waals surface area contributed by atoms with Gasteiger partial charge in [-0.3, -0.25) is 0 Å². The number of aryl methyl sites for hydroxylation is 1. The molecule has 96 valence electrons. The molecule has 2 aromatic heterocycles. The van der Waals surface area contributed by atoms with Crippen molar-refractivity contribution in [3.05, 3.63) is 65.1 Å². The summed E-state index contributed by atoms with van der Waals surface area (Å²) < 4.78 is 7.63. The van der Waals surface area contributed by atoms with Crippen LogP contribution in [0.3, 0.4) is 0 Å². The van der Waals surface area contributed by atoms with E-state index in [-0.39, 0.29) is 0 Å². The summed E-state index contributed by atoms with van der Waals surface area (Å²) in [5.41, 5.74) is 2.92. The molecule has 3 rings (SSSR count). The summed E-state index contributed by atoms with van der Waals surface area (Å²) in [5, 5.41) is 0.684. The molecular weight excluding hydrogens is 260 g/mol. The normalized spacial score (nSPS) is 10.8. The van der Waals surface area contributed by atoms with Crippen molar-refractivity contribution >= 4 is 17.2 Å². The summed E-state index contributed by atoms with van der Waals surface area (Å²) in [4.78, 5) is 4.46. The van der Waals surface area contributed by atoms with Gasteiger partial charge in [-0.25, -0.2) is 4.98 Å². The number of fused-ring (bicyclic) bond motifs is 1. The van der Waals surface area contributed by atoms with Gasteiger partial charge in [-0.1, -0.05) is 29.3 Å². The monoisotopic (exact) mass is 272 g/mol. The molecule has 0 saturated carbocycles. The van der Waals surface area contributed by atoms with Crippen LogP contribution in [0.1, 0.15) is 11.3 Å². The molecule has 0 aliphatic heterocycles. The molecule has 0 spiro atoms. The van der Waals surface area contributed by atoms with E-state index in [1.54, 1.807) is 0 Å². The van der Waals surface area contributed by atoms with E-state index >= 15 is 0 Å². The van der Waals surface area contributed by atoms with Crippen LogP contribution in [0.5, 0.6) is 5.75 Å². The highest BCUT2D eigenvalue weighted by Crippen LogP contribution is 2.15. The molecule has 2 heterocycles. The Morgan fingerprint density at radius 1 is 1.21 bits per heavy atom. The van der Waals surface area contributed by atoms with Gasteiger partial charge >= 0.3 is 0 Å². The molecule has 0 N–H and O–H groups in total. The van der Waals surface area contributed by atoms with E-state index in [1.807, 2.05) is 53.2 Å². The number of halogens is 1. The van der Waals surface area contributed by atoms with Crippen LogP contribution in [0.15, 0.2) is 48.8 Å². The van der Waals surface area contributed by atoms with Crippen molar-refractivity contribution in [3.63, 3.8) is 0 Å². The molecule has 3 nitrogen and oxygen atoms in total. The zero-order chi connectivity index (χ0) is 13.2.